The predicted molar refractivity (Wildman–Crippen MR) is 118 cm³/mol. The fourth-order valence-electron chi connectivity index (χ4n) is 2.98. The molecule has 0 unspecified atom stereocenters. The molecule has 0 fully saturated rings. The molecule has 0 radical (unpaired) electrons. The Labute approximate surface area is 163 Å². The molecule has 0 nitrogen and oxygen atoms in total. The molecule has 2 aromatic carbocycles. The second-order valence-corrected chi connectivity index (χ2v) is 6.61. The summed E-state index contributed by atoms with van der Waals surface area (Å²) in [7, 11) is 0. The van der Waals surface area contributed by atoms with Crippen LogP contribution >= 0.6 is 0 Å². The molecule has 0 heterocycles. The number of benzene rings is 2. The number of hydrogen-bond donors (Lipinski definition) is 0. The Balaban J connectivity index is 0.000000253. The third-order valence-corrected chi connectivity index (χ3v) is 4.44. The van der Waals surface area contributed by atoms with Gasteiger partial charge in [-0.15, -0.1) is 0 Å². The molecule has 0 saturated carbocycles. The van der Waals surface area contributed by atoms with E-state index in [4.69, 9.17) is 0 Å². The van der Waals surface area contributed by atoms with Gasteiger partial charge in [-0.2, -0.15) is 0 Å². The fraction of sp³-hybridized carbons (Fsp3) is 0.111. The average molecular weight is 351 g/mol. The van der Waals surface area contributed by atoms with Gasteiger partial charge in [-0.25, -0.2) is 0 Å². The number of aryl methyl sites for hydroxylation is 1. The molecule has 0 heteroatoms. The van der Waals surface area contributed by atoms with Crippen molar-refractivity contribution in [2.45, 2.75) is 19.8 Å². The lowest BCUT2D eigenvalue weighted by atomic mass is 9.99. The highest BCUT2D eigenvalue weighted by Gasteiger charge is 2.05. The Morgan fingerprint density at radius 3 is 2.00 bits per heavy atom. The van der Waals surface area contributed by atoms with E-state index < -0.39 is 0 Å². The van der Waals surface area contributed by atoms with Gasteiger partial charge in [-0.3, -0.25) is 0 Å². The standard InChI is InChI=1S/C20H18.C7H8/c1-2-5-11-17(10-4-1)19-14-8-9-15-20(16-19)18-12-6-3-7-13-18;1-7-5-3-2-4-6-7/h1,3-7,9-16H,2,8H2;2-6H,1H3. The minimum atomic E-state index is 0.983. The van der Waals surface area contributed by atoms with Crippen LogP contribution in [0.4, 0.5) is 0 Å². The lowest BCUT2D eigenvalue weighted by molar-refractivity contribution is 1.36. The normalized spacial score (nSPS) is 15.5. The van der Waals surface area contributed by atoms with Crippen LogP contribution < -0.4 is 0 Å². The van der Waals surface area contributed by atoms with Crippen molar-refractivity contribution in [3.63, 3.8) is 0 Å². The highest BCUT2D eigenvalue weighted by molar-refractivity contribution is 5.78. The molecule has 0 amide bonds. The predicted octanol–water partition coefficient (Wildman–Crippen LogP) is 7.39. The summed E-state index contributed by atoms with van der Waals surface area (Å²) in [6.07, 6.45) is 22.0. The Hall–Kier alpha value is -3.12. The van der Waals surface area contributed by atoms with E-state index in [1.807, 2.05) is 18.2 Å². The van der Waals surface area contributed by atoms with Gasteiger partial charge in [0.1, 0.15) is 0 Å². The average Bonchev–Trinajstić information content (AvgIpc) is 3.13. The van der Waals surface area contributed by atoms with Crippen molar-refractivity contribution in [2.75, 3.05) is 0 Å². The Morgan fingerprint density at radius 2 is 1.30 bits per heavy atom. The van der Waals surface area contributed by atoms with Crippen LogP contribution in [0.5, 0.6) is 0 Å². The highest BCUT2D eigenvalue weighted by Crippen LogP contribution is 2.26. The largest absolute Gasteiger partial charge is 0.0807 e. The van der Waals surface area contributed by atoms with Gasteiger partial charge in [0.2, 0.25) is 0 Å². The summed E-state index contributed by atoms with van der Waals surface area (Å²) >= 11 is 0. The number of allylic oxidation sites excluding steroid dienone is 12. The van der Waals surface area contributed by atoms with Crippen LogP contribution in [0.15, 0.2) is 126 Å². The summed E-state index contributed by atoms with van der Waals surface area (Å²) in [6.45, 7) is 2.08. The number of rotatable bonds is 2. The second kappa shape index (κ2) is 10.1. The van der Waals surface area contributed by atoms with E-state index in [9.17, 15) is 0 Å². The van der Waals surface area contributed by atoms with E-state index >= 15 is 0 Å². The maximum absolute atomic E-state index is 2.29. The molecule has 134 valence electrons. The van der Waals surface area contributed by atoms with E-state index in [0.717, 1.165) is 12.8 Å². The lowest BCUT2D eigenvalue weighted by Crippen LogP contribution is -1.85. The zero-order chi connectivity index (χ0) is 18.7. The second-order valence-electron chi connectivity index (χ2n) is 6.61. The zero-order valence-corrected chi connectivity index (χ0v) is 15.9. The minimum Gasteiger partial charge on any atom is -0.0807 e. The molecule has 0 atom stereocenters. The SMILES string of the molecule is C1=CCC=CC(C2=CCC=CC(c3ccccc3)=C2)=C1.Cc1ccccc1. The number of hydrogen-bond acceptors (Lipinski definition) is 0. The molecule has 4 rings (SSSR count). The lowest BCUT2D eigenvalue weighted by Gasteiger charge is -2.06. The van der Waals surface area contributed by atoms with Crippen LogP contribution in [0.1, 0.15) is 24.0 Å². The highest BCUT2D eigenvalue weighted by atomic mass is 14.1. The molecule has 2 aromatic rings. The Morgan fingerprint density at radius 1 is 0.630 bits per heavy atom. The first-order chi connectivity index (χ1) is 13.3. The maximum Gasteiger partial charge on any atom is -0.0157 e. The third-order valence-electron chi connectivity index (χ3n) is 4.44. The van der Waals surface area contributed by atoms with Crippen molar-refractivity contribution >= 4 is 5.57 Å². The van der Waals surface area contributed by atoms with Crippen molar-refractivity contribution in [2.24, 2.45) is 0 Å². The van der Waals surface area contributed by atoms with Crippen LogP contribution in [-0.2, 0) is 0 Å². The molecular weight excluding hydrogens is 324 g/mol. The van der Waals surface area contributed by atoms with Crippen LogP contribution in [0.25, 0.3) is 5.57 Å². The van der Waals surface area contributed by atoms with Crippen LogP contribution in [0.3, 0.4) is 0 Å². The fourth-order valence-corrected chi connectivity index (χ4v) is 2.98. The topological polar surface area (TPSA) is 0 Å². The van der Waals surface area contributed by atoms with E-state index in [0.29, 0.717) is 0 Å². The first-order valence-electron chi connectivity index (χ1n) is 9.52. The van der Waals surface area contributed by atoms with E-state index in [2.05, 4.69) is 104 Å². The summed E-state index contributed by atoms with van der Waals surface area (Å²) in [6, 6.07) is 20.8. The van der Waals surface area contributed by atoms with Crippen molar-refractivity contribution in [3.05, 3.63) is 138 Å². The van der Waals surface area contributed by atoms with Gasteiger partial charge in [0, 0.05) is 0 Å². The first-order valence-corrected chi connectivity index (χ1v) is 9.52. The van der Waals surface area contributed by atoms with Gasteiger partial charge in [0.25, 0.3) is 0 Å². The zero-order valence-electron chi connectivity index (χ0n) is 15.9. The van der Waals surface area contributed by atoms with Crippen LogP contribution in [0, 0.1) is 6.92 Å². The summed E-state index contributed by atoms with van der Waals surface area (Å²) in [5.41, 5.74) is 6.46. The molecule has 27 heavy (non-hydrogen) atoms. The molecule has 2 aliphatic rings. The molecular formula is C27H26. The Kier molecular flexibility index (Phi) is 7.00. The molecule has 0 aromatic heterocycles. The van der Waals surface area contributed by atoms with E-state index in [1.54, 1.807) is 0 Å². The molecule has 0 N–H and O–H groups in total. The monoisotopic (exact) mass is 350 g/mol. The minimum absolute atomic E-state index is 0.983. The van der Waals surface area contributed by atoms with Crippen molar-refractivity contribution in [1.29, 1.82) is 0 Å². The van der Waals surface area contributed by atoms with E-state index in [-0.39, 0.29) is 0 Å². The van der Waals surface area contributed by atoms with Gasteiger partial charge < -0.3 is 0 Å². The van der Waals surface area contributed by atoms with Crippen LogP contribution in [0.2, 0.25) is 0 Å². The van der Waals surface area contributed by atoms with E-state index in [1.165, 1.54) is 27.8 Å². The summed E-state index contributed by atoms with van der Waals surface area (Å²) < 4.78 is 0. The summed E-state index contributed by atoms with van der Waals surface area (Å²) in [4.78, 5) is 0. The van der Waals surface area contributed by atoms with Gasteiger partial charge in [-0.05, 0) is 48.1 Å². The smallest absolute Gasteiger partial charge is 0.0157 e. The quantitative estimate of drug-likeness (QED) is 0.529. The molecule has 0 saturated heterocycles. The summed E-state index contributed by atoms with van der Waals surface area (Å²) in [5, 5.41) is 0. The van der Waals surface area contributed by atoms with Crippen molar-refractivity contribution < 1.29 is 0 Å². The van der Waals surface area contributed by atoms with Gasteiger partial charge in [0.05, 0.1) is 0 Å². The third kappa shape index (κ3) is 5.97. The first kappa shape index (κ1) is 18.7. The summed E-state index contributed by atoms with van der Waals surface area (Å²) in [5.74, 6) is 0. The molecule has 0 bridgehead atoms. The van der Waals surface area contributed by atoms with Gasteiger partial charge >= 0.3 is 0 Å². The maximum atomic E-state index is 2.29. The molecule has 2 aliphatic carbocycles. The van der Waals surface area contributed by atoms with Gasteiger partial charge in [-0.1, -0.05) is 115 Å². The molecule has 0 aliphatic heterocycles. The Bertz CT molecular complexity index is 901. The van der Waals surface area contributed by atoms with Crippen molar-refractivity contribution in [3.8, 4) is 0 Å². The van der Waals surface area contributed by atoms with Crippen LogP contribution in [-0.4, -0.2) is 0 Å². The van der Waals surface area contributed by atoms with Crippen molar-refractivity contribution in [1.82, 2.24) is 0 Å². The van der Waals surface area contributed by atoms with Gasteiger partial charge in [0.15, 0.2) is 0 Å². The molecule has 0 spiro atoms.